The molecule has 80 valence electrons. The van der Waals surface area contributed by atoms with Gasteiger partial charge in [-0.15, -0.1) is 0 Å². The van der Waals surface area contributed by atoms with Crippen LogP contribution in [-0.2, 0) is 0 Å². The minimum Gasteiger partial charge on any atom is -0.170 e. The van der Waals surface area contributed by atoms with Gasteiger partial charge in [-0.1, -0.05) is 37.1 Å². The number of allylic oxidation sites excluding steroid dienone is 4. The van der Waals surface area contributed by atoms with Crippen LogP contribution in [0.1, 0.15) is 27.2 Å². The molecule has 0 aliphatic heterocycles. The highest BCUT2D eigenvalue weighted by Crippen LogP contribution is 2.41. The zero-order valence-electron chi connectivity index (χ0n) is 8.65. The first-order chi connectivity index (χ1) is 6.34. The van der Waals surface area contributed by atoms with E-state index in [1.54, 1.807) is 19.1 Å². The van der Waals surface area contributed by atoms with Crippen molar-refractivity contribution in [3.63, 3.8) is 0 Å². The van der Waals surface area contributed by atoms with Gasteiger partial charge in [-0.2, -0.15) is 13.2 Å². The van der Waals surface area contributed by atoms with Gasteiger partial charge < -0.3 is 0 Å². The van der Waals surface area contributed by atoms with E-state index in [0.717, 1.165) is 5.57 Å². The molecule has 0 amide bonds. The van der Waals surface area contributed by atoms with Gasteiger partial charge in [0.05, 0.1) is 5.92 Å². The van der Waals surface area contributed by atoms with Crippen LogP contribution in [0.5, 0.6) is 0 Å². The molecule has 1 unspecified atom stereocenters. The first kappa shape index (κ1) is 11.3. The molecule has 0 nitrogen and oxygen atoms in total. The van der Waals surface area contributed by atoms with E-state index in [0.29, 0.717) is 5.57 Å². The molecule has 0 radical (unpaired) electrons. The summed E-state index contributed by atoms with van der Waals surface area (Å²) >= 11 is 0. The summed E-state index contributed by atoms with van der Waals surface area (Å²) in [5, 5.41) is 0. The van der Waals surface area contributed by atoms with Gasteiger partial charge in [-0.25, -0.2) is 0 Å². The van der Waals surface area contributed by atoms with Gasteiger partial charge in [0.2, 0.25) is 0 Å². The Hall–Kier alpha value is -0.730. The maximum Gasteiger partial charge on any atom is 0.395 e. The van der Waals surface area contributed by atoms with Crippen LogP contribution in [0.25, 0.3) is 0 Å². The van der Waals surface area contributed by atoms with E-state index >= 15 is 0 Å². The van der Waals surface area contributed by atoms with E-state index < -0.39 is 12.1 Å². The normalized spacial score (nSPS) is 23.5. The molecule has 0 bridgehead atoms. The summed E-state index contributed by atoms with van der Waals surface area (Å²) in [5.41, 5.74) is 1.31. The third-order valence-corrected chi connectivity index (χ3v) is 2.59. The van der Waals surface area contributed by atoms with E-state index in [4.69, 9.17) is 0 Å². The first-order valence-corrected chi connectivity index (χ1v) is 4.78. The second kappa shape index (κ2) is 3.79. The maximum atomic E-state index is 12.7. The Morgan fingerprint density at radius 1 is 1.36 bits per heavy atom. The topological polar surface area (TPSA) is 0 Å². The molecule has 0 aromatic carbocycles. The SMILES string of the molecule is CC1=C(C(C)C)C(C(F)(F)F)CC=C1. The van der Waals surface area contributed by atoms with E-state index in [9.17, 15) is 13.2 Å². The van der Waals surface area contributed by atoms with Gasteiger partial charge in [0, 0.05) is 0 Å². The zero-order chi connectivity index (χ0) is 10.9. The predicted molar refractivity (Wildman–Crippen MR) is 50.8 cm³/mol. The molecule has 0 aromatic heterocycles. The average molecular weight is 204 g/mol. The van der Waals surface area contributed by atoms with Crippen molar-refractivity contribution in [3.05, 3.63) is 23.3 Å². The highest BCUT2D eigenvalue weighted by molar-refractivity contribution is 5.32. The summed E-state index contributed by atoms with van der Waals surface area (Å²) < 4.78 is 38.0. The average Bonchev–Trinajstić information content (AvgIpc) is 2.01. The van der Waals surface area contributed by atoms with Gasteiger partial charge in [0.25, 0.3) is 0 Å². The summed E-state index contributed by atoms with van der Waals surface area (Å²) in [6.07, 6.45) is -0.614. The zero-order valence-corrected chi connectivity index (χ0v) is 8.65. The van der Waals surface area contributed by atoms with Crippen molar-refractivity contribution >= 4 is 0 Å². The predicted octanol–water partition coefficient (Wildman–Crippen LogP) is 4.10. The lowest BCUT2D eigenvalue weighted by Crippen LogP contribution is -2.28. The molecule has 1 aliphatic carbocycles. The Balaban J connectivity index is 3.06. The van der Waals surface area contributed by atoms with Gasteiger partial charge in [0.1, 0.15) is 0 Å². The fourth-order valence-electron chi connectivity index (χ4n) is 2.05. The van der Waals surface area contributed by atoms with E-state index in [2.05, 4.69) is 0 Å². The maximum absolute atomic E-state index is 12.7. The Kier molecular flexibility index (Phi) is 3.07. The molecule has 1 rings (SSSR count). The summed E-state index contributed by atoms with van der Waals surface area (Å²) in [5.74, 6) is -1.31. The van der Waals surface area contributed by atoms with Crippen molar-refractivity contribution in [2.24, 2.45) is 11.8 Å². The van der Waals surface area contributed by atoms with E-state index in [1.165, 1.54) is 0 Å². The number of halogens is 3. The van der Waals surface area contributed by atoms with Crippen molar-refractivity contribution in [2.75, 3.05) is 0 Å². The fraction of sp³-hybridized carbons (Fsp3) is 0.636. The monoisotopic (exact) mass is 204 g/mol. The lowest BCUT2D eigenvalue weighted by atomic mass is 9.81. The first-order valence-electron chi connectivity index (χ1n) is 4.78. The molecule has 0 saturated carbocycles. The fourth-order valence-corrected chi connectivity index (χ4v) is 2.05. The van der Waals surface area contributed by atoms with Crippen molar-refractivity contribution < 1.29 is 13.2 Å². The van der Waals surface area contributed by atoms with Crippen LogP contribution >= 0.6 is 0 Å². The lowest BCUT2D eigenvalue weighted by molar-refractivity contribution is -0.165. The molecule has 3 heteroatoms. The second-order valence-electron chi connectivity index (χ2n) is 4.03. The molecule has 0 saturated heterocycles. The number of hydrogen-bond acceptors (Lipinski definition) is 0. The highest BCUT2D eigenvalue weighted by atomic mass is 19.4. The van der Waals surface area contributed by atoms with Gasteiger partial charge >= 0.3 is 6.18 Å². The smallest absolute Gasteiger partial charge is 0.170 e. The molecule has 1 atom stereocenters. The Morgan fingerprint density at radius 2 is 1.93 bits per heavy atom. The minimum atomic E-state index is -4.11. The van der Waals surface area contributed by atoms with E-state index in [-0.39, 0.29) is 12.3 Å². The summed E-state index contributed by atoms with van der Waals surface area (Å²) in [6, 6.07) is 0. The molecule has 0 spiro atoms. The van der Waals surface area contributed by atoms with Crippen LogP contribution in [0.15, 0.2) is 23.3 Å². The Labute approximate surface area is 82.5 Å². The van der Waals surface area contributed by atoms with Crippen LogP contribution < -0.4 is 0 Å². The van der Waals surface area contributed by atoms with Crippen molar-refractivity contribution in [1.29, 1.82) is 0 Å². The van der Waals surface area contributed by atoms with Crippen molar-refractivity contribution in [1.82, 2.24) is 0 Å². The molecular formula is C11H15F3. The Morgan fingerprint density at radius 3 is 2.29 bits per heavy atom. The quantitative estimate of drug-likeness (QED) is 0.603. The third kappa shape index (κ3) is 2.20. The van der Waals surface area contributed by atoms with Crippen molar-refractivity contribution in [2.45, 2.75) is 33.4 Å². The van der Waals surface area contributed by atoms with Crippen molar-refractivity contribution in [3.8, 4) is 0 Å². The molecule has 0 heterocycles. The van der Waals surface area contributed by atoms with Crippen LogP contribution in [-0.4, -0.2) is 6.18 Å². The number of alkyl halides is 3. The highest BCUT2D eigenvalue weighted by Gasteiger charge is 2.43. The Bertz CT molecular complexity index is 269. The largest absolute Gasteiger partial charge is 0.395 e. The third-order valence-electron chi connectivity index (χ3n) is 2.59. The van der Waals surface area contributed by atoms with Crippen LogP contribution in [0.2, 0.25) is 0 Å². The summed E-state index contributed by atoms with van der Waals surface area (Å²) in [4.78, 5) is 0. The molecular weight excluding hydrogens is 189 g/mol. The van der Waals surface area contributed by atoms with Crippen LogP contribution in [0.4, 0.5) is 13.2 Å². The number of rotatable bonds is 1. The van der Waals surface area contributed by atoms with E-state index in [1.807, 2.05) is 13.8 Å². The molecule has 0 fully saturated rings. The molecule has 0 N–H and O–H groups in total. The van der Waals surface area contributed by atoms with Crippen LogP contribution in [0.3, 0.4) is 0 Å². The molecule has 14 heavy (non-hydrogen) atoms. The van der Waals surface area contributed by atoms with Gasteiger partial charge in [0.15, 0.2) is 0 Å². The summed E-state index contributed by atoms with van der Waals surface area (Å²) in [6.45, 7) is 5.39. The summed E-state index contributed by atoms with van der Waals surface area (Å²) in [7, 11) is 0. The minimum absolute atomic E-state index is 0.0356. The van der Waals surface area contributed by atoms with Crippen LogP contribution in [0, 0.1) is 11.8 Å². The standard InChI is InChI=1S/C11H15F3/c1-7(2)10-8(3)5-4-6-9(10)11(12,13)14/h4-5,7,9H,6H2,1-3H3. The molecule has 0 aromatic rings. The van der Waals surface area contributed by atoms with Gasteiger partial charge in [-0.3, -0.25) is 0 Å². The molecule has 1 aliphatic rings. The number of hydrogen-bond donors (Lipinski definition) is 0. The second-order valence-corrected chi connectivity index (χ2v) is 4.03. The van der Waals surface area contributed by atoms with Gasteiger partial charge in [-0.05, 0) is 19.3 Å². The lowest BCUT2D eigenvalue weighted by Gasteiger charge is -2.28.